The lowest BCUT2D eigenvalue weighted by Crippen LogP contribution is -2.36. The van der Waals surface area contributed by atoms with E-state index >= 15 is 0 Å². The lowest BCUT2D eigenvalue weighted by atomic mass is 9.94. The van der Waals surface area contributed by atoms with E-state index in [-0.39, 0.29) is 11.3 Å². The van der Waals surface area contributed by atoms with Gasteiger partial charge in [0.2, 0.25) is 5.89 Å². The van der Waals surface area contributed by atoms with Crippen LogP contribution in [0.3, 0.4) is 0 Å². The van der Waals surface area contributed by atoms with Crippen molar-refractivity contribution in [2.75, 3.05) is 26.2 Å². The molecular formula is C19H29N5O2. The van der Waals surface area contributed by atoms with Crippen molar-refractivity contribution in [2.45, 2.75) is 52.6 Å². The minimum Gasteiger partial charge on any atom is -0.444 e. The smallest absolute Gasteiger partial charge is 0.272 e. The molecule has 26 heavy (non-hydrogen) atoms. The van der Waals surface area contributed by atoms with Crippen molar-refractivity contribution in [1.29, 1.82) is 0 Å². The van der Waals surface area contributed by atoms with E-state index in [2.05, 4.69) is 35.8 Å². The van der Waals surface area contributed by atoms with Crippen LogP contribution in [0.2, 0.25) is 0 Å². The number of aryl methyl sites for hydroxylation is 1. The summed E-state index contributed by atoms with van der Waals surface area (Å²) >= 11 is 0. The summed E-state index contributed by atoms with van der Waals surface area (Å²) in [7, 11) is 0. The Bertz CT molecular complexity index is 743. The number of hydrogen-bond donors (Lipinski definition) is 0. The van der Waals surface area contributed by atoms with Crippen molar-refractivity contribution in [1.82, 2.24) is 24.6 Å². The average Bonchev–Trinajstić information content (AvgIpc) is 3.19. The van der Waals surface area contributed by atoms with Gasteiger partial charge in [-0.05, 0) is 19.4 Å². The SMILES string of the molecule is CCn1nccc1C(=O)N1CCCN(Cc2ncc(C(C)(C)C)o2)CC1. The van der Waals surface area contributed by atoms with Crippen LogP contribution in [-0.2, 0) is 18.5 Å². The molecule has 0 bridgehead atoms. The predicted molar refractivity (Wildman–Crippen MR) is 98.9 cm³/mol. The van der Waals surface area contributed by atoms with Gasteiger partial charge >= 0.3 is 0 Å². The third-order valence-electron chi connectivity index (χ3n) is 4.76. The van der Waals surface area contributed by atoms with Gasteiger partial charge in [-0.25, -0.2) is 4.98 Å². The third-order valence-corrected chi connectivity index (χ3v) is 4.76. The Labute approximate surface area is 155 Å². The summed E-state index contributed by atoms with van der Waals surface area (Å²) in [4.78, 5) is 21.5. The van der Waals surface area contributed by atoms with E-state index in [1.807, 2.05) is 18.0 Å². The normalized spacial score (nSPS) is 16.7. The van der Waals surface area contributed by atoms with Crippen molar-refractivity contribution in [3.63, 3.8) is 0 Å². The van der Waals surface area contributed by atoms with Crippen molar-refractivity contribution < 1.29 is 9.21 Å². The van der Waals surface area contributed by atoms with Crippen LogP contribution in [0.5, 0.6) is 0 Å². The number of carbonyl (C=O) groups is 1. The van der Waals surface area contributed by atoms with E-state index in [0.717, 1.165) is 37.7 Å². The molecule has 1 saturated heterocycles. The first-order valence-corrected chi connectivity index (χ1v) is 9.37. The Kier molecular flexibility index (Phi) is 5.46. The maximum atomic E-state index is 12.8. The van der Waals surface area contributed by atoms with E-state index in [4.69, 9.17) is 4.42 Å². The van der Waals surface area contributed by atoms with Gasteiger partial charge in [-0.2, -0.15) is 5.10 Å². The zero-order valence-corrected chi connectivity index (χ0v) is 16.2. The Morgan fingerprint density at radius 1 is 1.23 bits per heavy atom. The number of rotatable bonds is 4. The molecule has 0 saturated carbocycles. The van der Waals surface area contributed by atoms with Crippen LogP contribution in [0, 0.1) is 0 Å². The van der Waals surface area contributed by atoms with Crippen LogP contribution >= 0.6 is 0 Å². The lowest BCUT2D eigenvalue weighted by molar-refractivity contribution is 0.0748. The minimum absolute atomic E-state index is 0.0323. The lowest BCUT2D eigenvalue weighted by Gasteiger charge is -2.21. The predicted octanol–water partition coefficient (Wildman–Crippen LogP) is 2.54. The molecule has 0 atom stereocenters. The number of carbonyl (C=O) groups excluding carboxylic acids is 1. The van der Waals surface area contributed by atoms with Gasteiger partial charge in [-0.1, -0.05) is 20.8 Å². The standard InChI is InChI=1S/C19H29N5O2/c1-5-24-15(7-8-21-24)18(25)23-10-6-9-22(11-12-23)14-17-20-13-16(26-17)19(2,3)4/h7-8,13H,5-6,9-12,14H2,1-4H3. The van der Waals surface area contributed by atoms with E-state index in [1.54, 1.807) is 16.9 Å². The van der Waals surface area contributed by atoms with Crippen molar-refractivity contribution >= 4 is 5.91 Å². The summed E-state index contributed by atoms with van der Waals surface area (Å²) < 4.78 is 7.67. The summed E-state index contributed by atoms with van der Waals surface area (Å²) in [6, 6.07) is 1.80. The number of nitrogens with zero attached hydrogens (tertiary/aromatic N) is 5. The van der Waals surface area contributed by atoms with Crippen LogP contribution in [0.4, 0.5) is 0 Å². The molecule has 1 fully saturated rings. The molecule has 0 radical (unpaired) electrons. The van der Waals surface area contributed by atoms with Gasteiger partial charge in [-0.3, -0.25) is 14.4 Å². The Balaban J connectivity index is 1.60. The second-order valence-corrected chi connectivity index (χ2v) is 7.82. The molecule has 0 aromatic carbocycles. The highest BCUT2D eigenvalue weighted by molar-refractivity contribution is 5.92. The molecule has 0 spiro atoms. The summed E-state index contributed by atoms with van der Waals surface area (Å²) in [6.07, 6.45) is 4.46. The molecule has 2 aromatic heterocycles. The monoisotopic (exact) mass is 359 g/mol. The summed E-state index contributed by atoms with van der Waals surface area (Å²) in [5.74, 6) is 1.73. The molecule has 7 nitrogen and oxygen atoms in total. The van der Waals surface area contributed by atoms with E-state index < -0.39 is 0 Å². The largest absolute Gasteiger partial charge is 0.444 e. The number of oxazole rings is 1. The quantitative estimate of drug-likeness (QED) is 0.839. The van der Waals surface area contributed by atoms with Gasteiger partial charge in [0.15, 0.2) is 0 Å². The molecule has 3 heterocycles. The molecule has 0 unspecified atom stereocenters. The highest BCUT2D eigenvalue weighted by atomic mass is 16.4. The molecule has 0 aliphatic carbocycles. The first-order chi connectivity index (χ1) is 12.4. The fraction of sp³-hybridized carbons (Fsp3) is 0.632. The molecule has 142 valence electrons. The van der Waals surface area contributed by atoms with Crippen LogP contribution < -0.4 is 0 Å². The topological polar surface area (TPSA) is 67.4 Å². The second-order valence-electron chi connectivity index (χ2n) is 7.82. The van der Waals surface area contributed by atoms with E-state index in [0.29, 0.717) is 25.3 Å². The van der Waals surface area contributed by atoms with Crippen LogP contribution in [0.25, 0.3) is 0 Å². The average molecular weight is 359 g/mol. The van der Waals surface area contributed by atoms with Gasteiger partial charge < -0.3 is 9.32 Å². The van der Waals surface area contributed by atoms with Crippen LogP contribution in [-0.4, -0.2) is 56.7 Å². The van der Waals surface area contributed by atoms with E-state index in [1.165, 1.54) is 0 Å². The Morgan fingerprint density at radius 2 is 2.04 bits per heavy atom. The van der Waals surface area contributed by atoms with Crippen molar-refractivity contribution in [3.8, 4) is 0 Å². The maximum Gasteiger partial charge on any atom is 0.272 e. The van der Waals surface area contributed by atoms with Crippen LogP contribution in [0.1, 0.15) is 56.3 Å². The maximum absolute atomic E-state index is 12.8. The number of hydrogen-bond acceptors (Lipinski definition) is 5. The first kappa shape index (κ1) is 18.6. The zero-order chi connectivity index (χ0) is 18.7. The van der Waals surface area contributed by atoms with Gasteiger partial charge in [0, 0.05) is 44.3 Å². The van der Waals surface area contributed by atoms with Crippen molar-refractivity contribution in [3.05, 3.63) is 35.8 Å². The fourth-order valence-electron chi connectivity index (χ4n) is 3.18. The van der Waals surface area contributed by atoms with E-state index in [9.17, 15) is 4.79 Å². The van der Waals surface area contributed by atoms with Crippen LogP contribution in [0.15, 0.2) is 22.9 Å². The summed E-state index contributed by atoms with van der Waals surface area (Å²) in [5, 5.41) is 4.20. The molecule has 2 aromatic rings. The van der Waals surface area contributed by atoms with Crippen molar-refractivity contribution in [2.24, 2.45) is 0 Å². The molecular weight excluding hydrogens is 330 g/mol. The second kappa shape index (κ2) is 7.61. The zero-order valence-electron chi connectivity index (χ0n) is 16.2. The Morgan fingerprint density at radius 3 is 2.73 bits per heavy atom. The number of aromatic nitrogens is 3. The highest BCUT2D eigenvalue weighted by Crippen LogP contribution is 2.23. The Hall–Kier alpha value is -2.15. The highest BCUT2D eigenvalue weighted by Gasteiger charge is 2.24. The molecule has 3 rings (SSSR count). The number of amides is 1. The molecule has 1 aliphatic rings. The summed E-state index contributed by atoms with van der Waals surface area (Å²) in [6.45, 7) is 13.0. The fourth-order valence-corrected chi connectivity index (χ4v) is 3.18. The molecule has 1 amide bonds. The third kappa shape index (κ3) is 4.15. The van der Waals surface area contributed by atoms with Gasteiger partial charge in [0.1, 0.15) is 11.5 Å². The minimum atomic E-state index is -0.0323. The first-order valence-electron chi connectivity index (χ1n) is 9.37. The molecule has 0 N–H and O–H groups in total. The molecule has 7 heteroatoms. The summed E-state index contributed by atoms with van der Waals surface area (Å²) in [5.41, 5.74) is 0.638. The van der Waals surface area contributed by atoms with Gasteiger partial charge in [-0.15, -0.1) is 0 Å². The van der Waals surface area contributed by atoms with Gasteiger partial charge in [0.05, 0.1) is 12.7 Å². The molecule has 1 aliphatic heterocycles. The van der Waals surface area contributed by atoms with Gasteiger partial charge in [0.25, 0.3) is 5.91 Å².